The average molecular weight is 435 g/mol. The molecule has 2 rings (SSSR count). The van der Waals surface area contributed by atoms with Crippen molar-refractivity contribution >= 4 is 12.1 Å². The number of nitrogens with one attached hydrogen (secondary N) is 1. The van der Waals surface area contributed by atoms with Gasteiger partial charge in [-0.3, -0.25) is 0 Å². The molecule has 0 radical (unpaired) electrons. The lowest BCUT2D eigenvalue weighted by atomic mass is 10.0. The van der Waals surface area contributed by atoms with Gasteiger partial charge in [0.2, 0.25) is 0 Å². The van der Waals surface area contributed by atoms with Gasteiger partial charge in [-0.05, 0) is 62.7 Å². The summed E-state index contributed by atoms with van der Waals surface area (Å²) >= 11 is 0. The highest BCUT2D eigenvalue weighted by Crippen LogP contribution is 2.32. The quantitative estimate of drug-likeness (QED) is 0.452. The summed E-state index contributed by atoms with van der Waals surface area (Å²) in [6, 6.07) is 9.09. The highest BCUT2D eigenvalue weighted by atomic mass is 19.1. The highest BCUT2D eigenvalue weighted by Gasteiger charge is 2.23. The molecule has 1 amide bonds. The second-order valence-electron chi connectivity index (χ2n) is 7.70. The number of esters is 1. The summed E-state index contributed by atoms with van der Waals surface area (Å²) in [7, 11) is 1.35. The van der Waals surface area contributed by atoms with Crippen molar-refractivity contribution in [2.75, 3.05) is 13.7 Å². The van der Waals surface area contributed by atoms with Crippen molar-refractivity contribution in [1.29, 1.82) is 0 Å². The molecule has 9 heteroatoms. The number of carbonyl (C=O) groups excluding carboxylic acids is 2. The Kier molecular flexibility index (Phi) is 7.95. The molecule has 0 bridgehead atoms. The minimum absolute atomic E-state index is 0.0779. The van der Waals surface area contributed by atoms with Crippen molar-refractivity contribution in [3.05, 3.63) is 59.4 Å². The van der Waals surface area contributed by atoms with Crippen LogP contribution in [0.1, 0.15) is 42.8 Å². The molecular formula is C22H26FNO7. The number of hydrogen-bond donors (Lipinski definition) is 3. The summed E-state index contributed by atoms with van der Waals surface area (Å²) in [6.07, 6.45) is -3.41. The van der Waals surface area contributed by atoms with Gasteiger partial charge < -0.3 is 29.7 Å². The maximum atomic E-state index is 13.0. The smallest absolute Gasteiger partial charge is 0.407 e. The molecule has 0 aliphatic heterocycles. The van der Waals surface area contributed by atoms with Crippen molar-refractivity contribution < 1.29 is 38.4 Å². The number of alkyl carbamates (subject to hydrolysis) is 1. The first-order chi connectivity index (χ1) is 14.5. The van der Waals surface area contributed by atoms with Crippen LogP contribution in [0.15, 0.2) is 42.5 Å². The first-order valence-corrected chi connectivity index (χ1v) is 9.49. The Labute approximate surface area is 179 Å². The molecule has 8 nitrogen and oxygen atoms in total. The van der Waals surface area contributed by atoms with E-state index in [1.54, 1.807) is 20.8 Å². The number of carbonyl (C=O) groups is 2. The number of methoxy groups -OCH3 is 1. The molecule has 0 aromatic heterocycles. The molecular weight excluding hydrogens is 409 g/mol. The summed E-state index contributed by atoms with van der Waals surface area (Å²) in [5, 5.41) is 23.0. The van der Waals surface area contributed by atoms with Gasteiger partial charge in [0.05, 0.1) is 12.7 Å². The summed E-state index contributed by atoms with van der Waals surface area (Å²) in [5.41, 5.74) is -0.268. The second kappa shape index (κ2) is 10.2. The summed E-state index contributed by atoms with van der Waals surface area (Å²) in [4.78, 5) is 23.9. The monoisotopic (exact) mass is 435 g/mol. The Bertz CT molecular complexity index is 909. The molecule has 0 heterocycles. The van der Waals surface area contributed by atoms with Crippen LogP contribution in [0.2, 0.25) is 0 Å². The maximum Gasteiger partial charge on any atom is 0.407 e. The summed E-state index contributed by atoms with van der Waals surface area (Å²) in [5.74, 6) is -0.978. The SMILES string of the molecule is COc1cc(C(O)C(O)CNC(=O)OC(C)(C)C)ccc1OC(=O)c1ccc(F)cc1. The third kappa shape index (κ3) is 7.23. The van der Waals surface area contributed by atoms with Crippen LogP contribution in [0.5, 0.6) is 11.5 Å². The first kappa shape index (κ1) is 24.1. The third-order valence-electron chi connectivity index (χ3n) is 4.03. The van der Waals surface area contributed by atoms with Gasteiger partial charge in [0.15, 0.2) is 11.5 Å². The van der Waals surface area contributed by atoms with Crippen LogP contribution in [-0.2, 0) is 4.74 Å². The van der Waals surface area contributed by atoms with Crippen molar-refractivity contribution in [2.24, 2.45) is 0 Å². The lowest BCUT2D eigenvalue weighted by Crippen LogP contribution is -2.38. The van der Waals surface area contributed by atoms with Crippen LogP contribution in [-0.4, -0.2) is 47.6 Å². The van der Waals surface area contributed by atoms with Crippen LogP contribution in [0, 0.1) is 5.82 Å². The summed E-state index contributed by atoms with van der Waals surface area (Å²) in [6.45, 7) is 4.86. The maximum absolute atomic E-state index is 13.0. The van der Waals surface area contributed by atoms with Gasteiger partial charge in [0, 0.05) is 6.54 Å². The fourth-order valence-corrected chi connectivity index (χ4v) is 2.53. The largest absolute Gasteiger partial charge is 0.493 e. The second-order valence-corrected chi connectivity index (χ2v) is 7.70. The summed E-state index contributed by atoms with van der Waals surface area (Å²) < 4.78 is 28.6. The van der Waals surface area contributed by atoms with E-state index >= 15 is 0 Å². The van der Waals surface area contributed by atoms with E-state index in [-0.39, 0.29) is 29.2 Å². The molecule has 0 fully saturated rings. The number of aliphatic hydroxyl groups is 2. The van der Waals surface area contributed by atoms with E-state index in [1.807, 2.05) is 0 Å². The van der Waals surface area contributed by atoms with Gasteiger partial charge in [0.1, 0.15) is 23.6 Å². The molecule has 0 saturated carbocycles. The van der Waals surface area contributed by atoms with E-state index in [2.05, 4.69) is 5.32 Å². The standard InChI is InChI=1S/C22H26FNO7/c1-22(2,3)31-21(28)24-12-16(25)19(26)14-7-10-17(18(11-14)29-4)30-20(27)13-5-8-15(23)9-6-13/h5-11,16,19,25-26H,12H2,1-4H3,(H,24,28). The molecule has 31 heavy (non-hydrogen) atoms. The number of aliphatic hydroxyl groups excluding tert-OH is 2. The molecule has 3 N–H and O–H groups in total. The number of rotatable bonds is 7. The molecule has 0 aliphatic carbocycles. The Balaban J connectivity index is 2.04. The van der Waals surface area contributed by atoms with Crippen LogP contribution < -0.4 is 14.8 Å². The molecule has 2 aromatic carbocycles. The van der Waals surface area contributed by atoms with Gasteiger partial charge in [0.25, 0.3) is 0 Å². The molecule has 0 aliphatic rings. The topological polar surface area (TPSA) is 114 Å². The van der Waals surface area contributed by atoms with Gasteiger partial charge in [-0.15, -0.1) is 0 Å². The van der Waals surface area contributed by atoms with Crippen LogP contribution in [0.4, 0.5) is 9.18 Å². The molecule has 2 unspecified atom stereocenters. The number of ether oxygens (including phenoxy) is 3. The predicted octanol–water partition coefficient (Wildman–Crippen LogP) is 2.97. The zero-order valence-corrected chi connectivity index (χ0v) is 17.7. The van der Waals surface area contributed by atoms with Gasteiger partial charge >= 0.3 is 12.1 Å². The zero-order chi connectivity index (χ0) is 23.2. The Morgan fingerprint density at radius 1 is 1.06 bits per heavy atom. The average Bonchev–Trinajstić information content (AvgIpc) is 2.70. The van der Waals surface area contributed by atoms with Crippen LogP contribution in [0.3, 0.4) is 0 Å². The van der Waals surface area contributed by atoms with Crippen LogP contribution in [0.25, 0.3) is 0 Å². The molecule has 2 aromatic rings. The van der Waals surface area contributed by atoms with E-state index in [0.29, 0.717) is 0 Å². The van der Waals surface area contributed by atoms with Gasteiger partial charge in [-0.25, -0.2) is 14.0 Å². The van der Waals surface area contributed by atoms with E-state index in [0.717, 1.165) is 12.1 Å². The minimum atomic E-state index is -1.36. The fraction of sp³-hybridized carbons (Fsp3) is 0.364. The number of benzene rings is 2. The first-order valence-electron chi connectivity index (χ1n) is 9.49. The van der Waals surface area contributed by atoms with E-state index < -0.39 is 35.7 Å². The van der Waals surface area contributed by atoms with Crippen molar-refractivity contribution in [2.45, 2.75) is 38.6 Å². The van der Waals surface area contributed by atoms with Gasteiger partial charge in [-0.1, -0.05) is 6.07 Å². The number of amides is 1. The van der Waals surface area contributed by atoms with Crippen molar-refractivity contribution in [3.63, 3.8) is 0 Å². The number of halogens is 1. The zero-order valence-electron chi connectivity index (χ0n) is 17.7. The van der Waals surface area contributed by atoms with Crippen molar-refractivity contribution in [1.82, 2.24) is 5.32 Å². The van der Waals surface area contributed by atoms with E-state index in [9.17, 15) is 24.2 Å². The Morgan fingerprint density at radius 3 is 2.29 bits per heavy atom. The minimum Gasteiger partial charge on any atom is -0.493 e. The molecule has 2 atom stereocenters. The lowest BCUT2D eigenvalue weighted by Gasteiger charge is -2.22. The molecule has 0 spiro atoms. The Morgan fingerprint density at radius 2 is 1.71 bits per heavy atom. The number of hydrogen-bond acceptors (Lipinski definition) is 7. The molecule has 168 valence electrons. The predicted molar refractivity (Wildman–Crippen MR) is 110 cm³/mol. The third-order valence-corrected chi connectivity index (χ3v) is 4.03. The fourth-order valence-electron chi connectivity index (χ4n) is 2.53. The highest BCUT2D eigenvalue weighted by molar-refractivity contribution is 5.91. The molecule has 0 saturated heterocycles. The van der Waals surface area contributed by atoms with E-state index in [4.69, 9.17) is 14.2 Å². The van der Waals surface area contributed by atoms with Gasteiger partial charge in [-0.2, -0.15) is 0 Å². The normalized spacial score (nSPS) is 13.1. The lowest BCUT2D eigenvalue weighted by molar-refractivity contribution is 0.0128. The van der Waals surface area contributed by atoms with Crippen LogP contribution >= 0.6 is 0 Å². The van der Waals surface area contributed by atoms with E-state index in [1.165, 1.54) is 37.4 Å². The van der Waals surface area contributed by atoms with Crippen molar-refractivity contribution in [3.8, 4) is 11.5 Å². The Hall–Kier alpha value is -3.17.